The van der Waals surface area contributed by atoms with Crippen molar-refractivity contribution in [2.75, 3.05) is 20.2 Å². The summed E-state index contributed by atoms with van der Waals surface area (Å²) in [6, 6.07) is 8.82. The predicted molar refractivity (Wildman–Crippen MR) is 86.0 cm³/mol. The van der Waals surface area contributed by atoms with Gasteiger partial charge in [0, 0.05) is 13.1 Å². The van der Waals surface area contributed by atoms with Crippen molar-refractivity contribution in [3.05, 3.63) is 35.9 Å². The molecule has 7 nitrogen and oxygen atoms in total. The van der Waals surface area contributed by atoms with Gasteiger partial charge in [0.05, 0.1) is 13.5 Å². The lowest BCUT2D eigenvalue weighted by Gasteiger charge is -2.23. The van der Waals surface area contributed by atoms with Gasteiger partial charge < -0.3 is 14.8 Å². The maximum atomic E-state index is 12.2. The molecular formula is C17H22N2O5. The average Bonchev–Trinajstić information content (AvgIpc) is 3.10. The first-order valence-electron chi connectivity index (χ1n) is 7.93. The molecule has 1 atom stereocenters. The van der Waals surface area contributed by atoms with Gasteiger partial charge in [-0.25, -0.2) is 4.79 Å². The third-order valence-electron chi connectivity index (χ3n) is 3.85. The van der Waals surface area contributed by atoms with Crippen LogP contribution in [-0.4, -0.2) is 49.1 Å². The van der Waals surface area contributed by atoms with Gasteiger partial charge in [0.15, 0.2) is 0 Å². The Labute approximate surface area is 140 Å². The molecule has 0 spiro atoms. The Bertz CT molecular complexity index is 576. The second-order valence-electron chi connectivity index (χ2n) is 5.51. The zero-order valence-electron chi connectivity index (χ0n) is 13.7. The number of ether oxygens (including phenoxy) is 2. The Morgan fingerprint density at radius 3 is 2.71 bits per heavy atom. The van der Waals surface area contributed by atoms with Gasteiger partial charge in [-0.15, -0.1) is 0 Å². The summed E-state index contributed by atoms with van der Waals surface area (Å²) in [6.07, 6.45) is 0.942. The van der Waals surface area contributed by atoms with Gasteiger partial charge >= 0.3 is 12.1 Å². The minimum atomic E-state index is -0.550. The lowest BCUT2D eigenvalue weighted by Crippen LogP contribution is -2.46. The van der Waals surface area contributed by atoms with E-state index in [0.717, 1.165) is 12.0 Å². The summed E-state index contributed by atoms with van der Waals surface area (Å²) < 4.78 is 9.80. The molecule has 0 bridgehead atoms. The van der Waals surface area contributed by atoms with Crippen LogP contribution >= 0.6 is 0 Å². The van der Waals surface area contributed by atoms with Crippen molar-refractivity contribution in [3.8, 4) is 0 Å². The molecule has 1 N–H and O–H groups in total. The Morgan fingerprint density at radius 2 is 2.00 bits per heavy atom. The molecule has 0 unspecified atom stereocenters. The summed E-state index contributed by atoms with van der Waals surface area (Å²) >= 11 is 0. The van der Waals surface area contributed by atoms with Crippen LogP contribution in [0.25, 0.3) is 0 Å². The normalized spacial score (nSPS) is 16.5. The minimum absolute atomic E-state index is 0.105. The van der Waals surface area contributed by atoms with Crippen molar-refractivity contribution < 1.29 is 23.9 Å². The van der Waals surface area contributed by atoms with Gasteiger partial charge in [0.25, 0.3) is 0 Å². The van der Waals surface area contributed by atoms with E-state index < -0.39 is 12.1 Å². The van der Waals surface area contributed by atoms with E-state index in [1.807, 2.05) is 30.3 Å². The standard InChI is InChI=1S/C17H22N2O5/c1-23-15(20)9-10-18-16(21)14-8-5-11-19(14)17(22)24-12-13-6-3-2-4-7-13/h2-4,6-7,14H,5,8-12H2,1H3,(H,18,21)/t14-/m0/s1. The van der Waals surface area contributed by atoms with Gasteiger partial charge in [-0.3, -0.25) is 14.5 Å². The molecule has 2 rings (SSSR count). The van der Waals surface area contributed by atoms with E-state index in [4.69, 9.17) is 4.74 Å². The molecule has 130 valence electrons. The van der Waals surface area contributed by atoms with Crippen LogP contribution < -0.4 is 5.32 Å². The summed E-state index contributed by atoms with van der Waals surface area (Å²) in [4.78, 5) is 36.9. The largest absolute Gasteiger partial charge is 0.469 e. The number of nitrogens with zero attached hydrogens (tertiary/aromatic N) is 1. The van der Waals surface area contributed by atoms with E-state index in [-0.39, 0.29) is 31.4 Å². The van der Waals surface area contributed by atoms with Gasteiger partial charge in [0.1, 0.15) is 12.6 Å². The molecule has 0 aromatic heterocycles. The summed E-state index contributed by atoms with van der Waals surface area (Å²) in [6.45, 7) is 0.852. The number of amides is 2. The molecule has 24 heavy (non-hydrogen) atoms. The minimum Gasteiger partial charge on any atom is -0.469 e. The number of nitrogens with one attached hydrogen (secondary N) is 1. The molecule has 2 amide bonds. The van der Waals surface area contributed by atoms with Crippen LogP contribution in [0.1, 0.15) is 24.8 Å². The van der Waals surface area contributed by atoms with E-state index >= 15 is 0 Å². The molecule has 1 heterocycles. The second-order valence-corrected chi connectivity index (χ2v) is 5.51. The molecule has 1 aliphatic heterocycles. The number of carbonyl (C=O) groups excluding carboxylic acids is 3. The predicted octanol–water partition coefficient (Wildman–Crippen LogP) is 1.47. The van der Waals surface area contributed by atoms with E-state index in [0.29, 0.717) is 13.0 Å². The summed E-state index contributed by atoms with van der Waals surface area (Å²) in [5, 5.41) is 2.66. The summed E-state index contributed by atoms with van der Waals surface area (Å²) in [5.74, 6) is -0.658. The monoisotopic (exact) mass is 334 g/mol. The number of hydrogen-bond donors (Lipinski definition) is 1. The highest BCUT2D eigenvalue weighted by atomic mass is 16.6. The van der Waals surface area contributed by atoms with Crippen LogP contribution in [0.4, 0.5) is 4.79 Å². The summed E-state index contributed by atoms with van der Waals surface area (Å²) in [5.41, 5.74) is 0.893. The Hall–Kier alpha value is -2.57. The molecule has 1 fully saturated rings. The number of benzene rings is 1. The van der Waals surface area contributed by atoms with E-state index in [9.17, 15) is 14.4 Å². The van der Waals surface area contributed by atoms with E-state index in [2.05, 4.69) is 10.1 Å². The number of methoxy groups -OCH3 is 1. The van der Waals surface area contributed by atoms with Crippen LogP contribution in [0.5, 0.6) is 0 Å². The third-order valence-corrected chi connectivity index (χ3v) is 3.85. The fraction of sp³-hybridized carbons (Fsp3) is 0.471. The Kier molecular flexibility index (Phi) is 6.60. The SMILES string of the molecule is COC(=O)CCNC(=O)[C@@H]1CCCN1C(=O)OCc1ccccc1. The first-order valence-corrected chi connectivity index (χ1v) is 7.93. The van der Waals surface area contributed by atoms with E-state index in [1.54, 1.807) is 0 Å². The molecule has 7 heteroatoms. The van der Waals surface area contributed by atoms with Gasteiger partial charge in [-0.05, 0) is 18.4 Å². The Balaban J connectivity index is 1.81. The van der Waals surface area contributed by atoms with Gasteiger partial charge in [0.2, 0.25) is 5.91 Å². The van der Waals surface area contributed by atoms with Gasteiger partial charge in [-0.2, -0.15) is 0 Å². The van der Waals surface area contributed by atoms with Crippen LogP contribution in [-0.2, 0) is 25.7 Å². The number of hydrogen-bond acceptors (Lipinski definition) is 5. The number of esters is 1. The van der Waals surface area contributed by atoms with Crippen molar-refractivity contribution in [2.45, 2.75) is 31.9 Å². The smallest absolute Gasteiger partial charge is 0.410 e. The second kappa shape index (κ2) is 8.90. The molecule has 1 saturated heterocycles. The molecule has 1 aromatic carbocycles. The van der Waals surface area contributed by atoms with Crippen LogP contribution in [0.3, 0.4) is 0 Å². The van der Waals surface area contributed by atoms with Gasteiger partial charge in [-0.1, -0.05) is 30.3 Å². The quantitative estimate of drug-likeness (QED) is 0.796. The summed E-state index contributed by atoms with van der Waals surface area (Å²) in [7, 11) is 1.30. The number of carbonyl (C=O) groups is 3. The lowest BCUT2D eigenvalue weighted by molar-refractivity contribution is -0.140. The molecular weight excluding hydrogens is 312 g/mol. The maximum Gasteiger partial charge on any atom is 0.410 e. The van der Waals surface area contributed by atoms with E-state index in [1.165, 1.54) is 12.0 Å². The zero-order chi connectivity index (χ0) is 17.4. The topological polar surface area (TPSA) is 84.9 Å². The highest BCUT2D eigenvalue weighted by molar-refractivity contribution is 5.86. The van der Waals surface area contributed by atoms with Crippen molar-refractivity contribution >= 4 is 18.0 Å². The molecule has 0 radical (unpaired) electrons. The fourth-order valence-corrected chi connectivity index (χ4v) is 2.57. The molecule has 0 aliphatic carbocycles. The van der Waals surface area contributed by atoms with Crippen molar-refractivity contribution in [1.82, 2.24) is 10.2 Å². The number of rotatable bonds is 6. The lowest BCUT2D eigenvalue weighted by atomic mass is 10.2. The highest BCUT2D eigenvalue weighted by Crippen LogP contribution is 2.19. The van der Waals surface area contributed by atoms with Crippen LogP contribution in [0, 0.1) is 0 Å². The fourth-order valence-electron chi connectivity index (χ4n) is 2.57. The third kappa shape index (κ3) is 4.97. The van der Waals surface area contributed by atoms with Crippen molar-refractivity contribution in [2.24, 2.45) is 0 Å². The highest BCUT2D eigenvalue weighted by Gasteiger charge is 2.34. The molecule has 1 aromatic rings. The first-order chi connectivity index (χ1) is 11.6. The average molecular weight is 334 g/mol. The van der Waals surface area contributed by atoms with Crippen LogP contribution in [0.15, 0.2) is 30.3 Å². The van der Waals surface area contributed by atoms with Crippen molar-refractivity contribution in [1.29, 1.82) is 0 Å². The maximum absolute atomic E-state index is 12.2. The molecule has 0 saturated carbocycles. The van der Waals surface area contributed by atoms with Crippen molar-refractivity contribution in [3.63, 3.8) is 0 Å². The van der Waals surface area contributed by atoms with Crippen LogP contribution in [0.2, 0.25) is 0 Å². The Morgan fingerprint density at radius 1 is 1.25 bits per heavy atom. The zero-order valence-corrected chi connectivity index (χ0v) is 13.7. The number of likely N-dealkylation sites (tertiary alicyclic amines) is 1. The first kappa shape index (κ1) is 17.8. The molecule has 1 aliphatic rings.